The van der Waals surface area contributed by atoms with Crippen LogP contribution in [0.15, 0.2) is 18.2 Å². The van der Waals surface area contributed by atoms with Crippen LogP contribution in [0.5, 0.6) is 0 Å². The standard InChI is InChI=1S/C14H18ClFN2O2/c1-9(7-13(19)17-2)18(3)14(20)8-10-11(15)5-4-6-12(10)16/h4-6,9H,7-8H2,1-3H3,(H,17,19)/t9-/m0/s1. The highest BCUT2D eigenvalue weighted by Gasteiger charge is 2.20. The molecule has 0 unspecified atom stereocenters. The molecule has 110 valence electrons. The van der Waals surface area contributed by atoms with Crippen molar-refractivity contribution in [3.05, 3.63) is 34.6 Å². The van der Waals surface area contributed by atoms with Crippen molar-refractivity contribution < 1.29 is 14.0 Å². The molecule has 0 fully saturated rings. The number of nitrogens with zero attached hydrogens (tertiary/aromatic N) is 1. The van der Waals surface area contributed by atoms with Gasteiger partial charge in [-0.3, -0.25) is 9.59 Å². The fourth-order valence-corrected chi connectivity index (χ4v) is 1.96. The van der Waals surface area contributed by atoms with E-state index in [4.69, 9.17) is 11.6 Å². The maximum Gasteiger partial charge on any atom is 0.227 e. The van der Waals surface area contributed by atoms with Gasteiger partial charge >= 0.3 is 0 Å². The Balaban J connectivity index is 2.73. The van der Waals surface area contributed by atoms with Gasteiger partial charge in [0.2, 0.25) is 11.8 Å². The second-order valence-corrected chi connectivity index (χ2v) is 5.02. The van der Waals surface area contributed by atoms with Crippen LogP contribution < -0.4 is 5.32 Å². The van der Waals surface area contributed by atoms with E-state index < -0.39 is 5.82 Å². The number of hydrogen-bond donors (Lipinski definition) is 1. The third-order valence-corrected chi connectivity index (χ3v) is 3.56. The summed E-state index contributed by atoms with van der Waals surface area (Å²) in [6.45, 7) is 1.76. The summed E-state index contributed by atoms with van der Waals surface area (Å²) in [6, 6.07) is 4.03. The summed E-state index contributed by atoms with van der Waals surface area (Å²) >= 11 is 5.89. The molecule has 0 bridgehead atoms. The lowest BCUT2D eigenvalue weighted by molar-refractivity contribution is -0.132. The highest BCUT2D eigenvalue weighted by molar-refractivity contribution is 6.31. The van der Waals surface area contributed by atoms with Gasteiger partial charge in [-0.2, -0.15) is 0 Å². The lowest BCUT2D eigenvalue weighted by atomic mass is 10.1. The minimum absolute atomic E-state index is 0.125. The molecule has 1 aromatic carbocycles. The number of nitrogens with one attached hydrogen (secondary N) is 1. The first kappa shape index (κ1) is 16.4. The fourth-order valence-electron chi connectivity index (χ4n) is 1.73. The van der Waals surface area contributed by atoms with Crippen LogP contribution in [-0.2, 0) is 16.0 Å². The Morgan fingerprint density at radius 3 is 2.65 bits per heavy atom. The number of benzene rings is 1. The molecule has 6 heteroatoms. The first-order valence-electron chi connectivity index (χ1n) is 6.26. The molecule has 20 heavy (non-hydrogen) atoms. The van der Waals surface area contributed by atoms with Crippen LogP contribution in [0.4, 0.5) is 4.39 Å². The monoisotopic (exact) mass is 300 g/mol. The largest absolute Gasteiger partial charge is 0.359 e. The van der Waals surface area contributed by atoms with Crippen LogP contribution in [0, 0.1) is 5.82 Å². The lowest BCUT2D eigenvalue weighted by Crippen LogP contribution is -2.39. The summed E-state index contributed by atoms with van der Waals surface area (Å²) in [4.78, 5) is 24.8. The molecule has 0 saturated carbocycles. The third kappa shape index (κ3) is 4.20. The van der Waals surface area contributed by atoms with Crippen molar-refractivity contribution in [2.45, 2.75) is 25.8 Å². The van der Waals surface area contributed by atoms with Gasteiger partial charge in [0.05, 0.1) is 6.42 Å². The minimum Gasteiger partial charge on any atom is -0.359 e. The first-order chi connectivity index (χ1) is 9.36. The Labute approximate surface area is 122 Å². The van der Waals surface area contributed by atoms with E-state index in [9.17, 15) is 14.0 Å². The van der Waals surface area contributed by atoms with Crippen molar-refractivity contribution in [2.75, 3.05) is 14.1 Å². The number of carbonyl (C=O) groups excluding carboxylic acids is 2. The van der Waals surface area contributed by atoms with Crippen LogP contribution in [0.2, 0.25) is 5.02 Å². The highest BCUT2D eigenvalue weighted by Crippen LogP contribution is 2.20. The smallest absolute Gasteiger partial charge is 0.227 e. The van der Waals surface area contributed by atoms with Crippen molar-refractivity contribution in [2.24, 2.45) is 0 Å². The Kier molecular flexibility index (Phi) is 5.95. The predicted octanol–water partition coefficient (Wildman–Crippen LogP) is 2.00. The Morgan fingerprint density at radius 1 is 1.45 bits per heavy atom. The molecule has 1 N–H and O–H groups in total. The Hall–Kier alpha value is -1.62. The molecule has 1 aromatic rings. The second-order valence-electron chi connectivity index (χ2n) is 4.61. The summed E-state index contributed by atoms with van der Waals surface area (Å²) in [6.07, 6.45) is 0.0732. The summed E-state index contributed by atoms with van der Waals surface area (Å²) < 4.78 is 13.6. The topological polar surface area (TPSA) is 49.4 Å². The minimum atomic E-state index is -0.502. The maximum absolute atomic E-state index is 13.6. The van der Waals surface area contributed by atoms with Crippen molar-refractivity contribution in [1.82, 2.24) is 10.2 Å². The van der Waals surface area contributed by atoms with E-state index in [0.717, 1.165) is 0 Å². The van der Waals surface area contributed by atoms with Crippen molar-refractivity contribution in [3.63, 3.8) is 0 Å². The molecule has 0 aliphatic heterocycles. The summed E-state index contributed by atoms with van der Waals surface area (Å²) in [5.74, 6) is -0.937. The van der Waals surface area contributed by atoms with Gasteiger partial charge < -0.3 is 10.2 Å². The van der Waals surface area contributed by atoms with E-state index in [2.05, 4.69) is 5.32 Å². The molecule has 0 radical (unpaired) electrons. The van der Waals surface area contributed by atoms with Gasteiger partial charge in [0.1, 0.15) is 5.82 Å². The van der Waals surface area contributed by atoms with E-state index in [0.29, 0.717) is 0 Å². The average Bonchev–Trinajstić information content (AvgIpc) is 2.41. The van der Waals surface area contributed by atoms with E-state index in [1.807, 2.05) is 0 Å². The van der Waals surface area contributed by atoms with Gasteiger partial charge in [0.25, 0.3) is 0 Å². The zero-order chi connectivity index (χ0) is 15.3. The van der Waals surface area contributed by atoms with Crippen LogP contribution in [0.1, 0.15) is 18.9 Å². The molecule has 4 nitrogen and oxygen atoms in total. The van der Waals surface area contributed by atoms with E-state index in [1.165, 1.54) is 24.1 Å². The highest BCUT2D eigenvalue weighted by atomic mass is 35.5. The van der Waals surface area contributed by atoms with E-state index in [-0.39, 0.29) is 41.3 Å². The van der Waals surface area contributed by atoms with Crippen LogP contribution in [-0.4, -0.2) is 36.9 Å². The zero-order valence-corrected chi connectivity index (χ0v) is 12.5. The maximum atomic E-state index is 13.6. The lowest BCUT2D eigenvalue weighted by Gasteiger charge is -2.24. The van der Waals surface area contributed by atoms with Crippen LogP contribution in [0.25, 0.3) is 0 Å². The number of rotatable bonds is 5. The number of halogens is 2. The summed E-state index contributed by atoms with van der Waals surface area (Å²) in [5, 5.41) is 2.73. The van der Waals surface area contributed by atoms with Crippen LogP contribution >= 0.6 is 11.6 Å². The molecule has 2 amide bonds. The first-order valence-corrected chi connectivity index (χ1v) is 6.63. The molecular weight excluding hydrogens is 283 g/mol. The molecule has 0 saturated heterocycles. The van der Waals surface area contributed by atoms with Gasteiger partial charge in [-0.25, -0.2) is 4.39 Å². The summed E-state index contributed by atoms with van der Waals surface area (Å²) in [5.41, 5.74) is 0.179. The fraction of sp³-hybridized carbons (Fsp3) is 0.429. The molecular formula is C14H18ClFN2O2. The van der Waals surface area contributed by atoms with Crippen molar-refractivity contribution in [3.8, 4) is 0 Å². The van der Waals surface area contributed by atoms with Gasteiger partial charge in [-0.1, -0.05) is 17.7 Å². The van der Waals surface area contributed by atoms with E-state index >= 15 is 0 Å². The normalized spacial score (nSPS) is 11.8. The van der Waals surface area contributed by atoms with Gasteiger partial charge in [-0.05, 0) is 19.1 Å². The number of amides is 2. The molecule has 0 aromatic heterocycles. The van der Waals surface area contributed by atoms with Crippen molar-refractivity contribution in [1.29, 1.82) is 0 Å². The van der Waals surface area contributed by atoms with Crippen LogP contribution in [0.3, 0.4) is 0 Å². The van der Waals surface area contributed by atoms with Gasteiger partial charge in [0.15, 0.2) is 0 Å². The molecule has 0 aliphatic carbocycles. The molecule has 0 heterocycles. The third-order valence-electron chi connectivity index (χ3n) is 3.20. The molecule has 0 spiro atoms. The Bertz CT molecular complexity index is 488. The average molecular weight is 301 g/mol. The van der Waals surface area contributed by atoms with E-state index in [1.54, 1.807) is 20.0 Å². The van der Waals surface area contributed by atoms with Gasteiger partial charge in [-0.15, -0.1) is 0 Å². The molecule has 1 atom stereocenters. The van der Waals surface area contributed by atoms with Crippen molar-refractivity contribution >= 4 is 23.4 Å². The second kappa shape index (κ2) is 7.24. The predicted molar refractivity (Wildman–Crippen MR) is 76.0 cm³/mol. The molecule has 0 aliphatic rings. The zero-order valence-electron chi connectivity index (χ0n) is 11.7. The number of hydrogen-bond acceptors (Lipinski definition) is 2. The SMILES string of the molecule is CNC(=O)C[C@H](C)N(C)C(=O)Cc1c(F)cccc1Cl. The Morgan fingerprint density at radius 2 is 2.10 bits per heavy atom. The number of carbonyl (C=O) groups is 2. The molecule has 1 rings (SSSR count). The number of likely N-dealkylation sites (N-methyl/N-ethyl adjacent to an activating group) is 1. The summed E-state index contributed by atoms with van der Waals surface area (Å²) in [7, 11) is 3.13. The quantitative estimate of drug-likeness (QED) is 0.904. The van der Waals surface area contributed by atoms with Gasteiger partial charge in [0, 0.05) is 37.1 Å².